The maximum atomic E-state index is 4.96. The summed E-state index contributed by atoms with van der Waals surface area (Å²) in [5, 5.41) is 8.73. The fourth-order valence-electron chi connectivity index (χ4n) is 4.23. The van der Waals surface area contributed by atoms with E-state index in [1.807, 2.05) is 69.2 Å². The van der Waals surface area contributed by atoms with Gasteiger partial charge >= 0.3 is 0 Å². The molecule has 8 heteroatoms. The minimum atomic E-state index is 0.762. The predicted molar refractivity (Wildman–Crippen MR) is 133 cm³/mol. The van der Waals surface area contributed by atoms with E-state index in [9.17, 15) is 0 Å². The molecule has 6 rings (SSSR count). The van der Waals surface area contributed by atoms with Crippen LogP contribution in [0.4, 0.5) is 0 Å². The molecule has 0 radical (unpaired) electrons. The number of pyridine rings is 4. The number of nitrogens with zero attached hydrogens (tertiary/aromatic N) is 6. The van der Waals surface area contributed by atoms with Gasteiger partial charge in [0.05, 0.1) is 34.3 Å². The van der Waals surface area contributed by atoms with E-state index < -0.39 is 0 Å². The highest BCUT2D eigenvalue weighted by Crippen LogP contribution is 2.33. The van der Waals surface area contributed by atoms with E-state index in [1.54, 1.807) is 6.20 Å². The van der Waals surface area contributed by atoms with Crippen molar-refractivity contribution in [2.75, 3.05) is 14.1 Å². The first-order valence-corrected chi connectivity index (χ1v) is 11.0. The molecule has 0 aliphatic heterocycles. The molecule has 0 saturated heterocycles. The molecule has 0 unspecified atom stereocenters. The molecule has 0 spiro atoms. The van der Waals surface area contributed by atoms with Crippen LogP contribution in [0.15, 0.2) is 73.4 Å². The fourth-order valence-corrected chi connectivity index (χ4v) is 4.23. The van der Waals surface area contributed by atoms with E-state index in [4.69, 9.17) is 4.98 Å². The number of hydrogen-bond acceptors (Lipinski definition) is 6. The summed E-state index contributed by atoms with van der Waals surface area (Å²) in [6.45, 7) is 0.821. The van der Waals surface area contributed by atoms with Gasteiger partial charge < -0.3 is 9.88 Å². The second-order valence-electron chi connectivity index (χ2n) is 8.53. The highest BCUT2D eigenvalue weighted by Gasteiger charge is 2.16. The van der Waals surface area contributed by atoms with Crippen molar-refractivity contribution in [3.05, 3.63) is 79.0 Å². The van der Waals surface area contributed by atoms with Crippen molar-refractivity contribution < 1.29 is 0 Å². The maximum Gasteiger partial charge on any atom is 0.135 e. The lowest BCUT2D eigenvalue weighted by Crippen LogP contribution is -2.10. The van der Waals surface area contributed by atoms with Crippen LogP contribution in [-0.2, 0) is 6.54 Å². The SMILES string of the molecule is CN(C)Cc1cncc(-c2ccc3[nH]nc(-c4cc5c(-c6ccccn6)cncc5[nH]4)c3n2)c1. The molecule has 0 bridgehead atoms. The fraction of sp³-hybridized carbons (Fsp3) is 0.115. The molecule has 34 heavy (non-hydrogen) atoms. The molecule has 0 saturated carbocycles. The number of hydrogen-bond donors (Lipinski definition) is 2. The Bertz CT molecular complexity index is 1610. The van der Waals surface area contributed by atoms with Crippen molar-refractivity contribution >= 4 is 21.9 Å². The second-order valence-corrected chi connectivity index (χ2v) is 8.53. The summed E-state index contributed by atoms with van der Waals surface area (Å²) >= 11 is 0. The van der Waals surface area contributed by atoms with Crippen LogP contribution in [0.2, 0.25) is 0 Å². The Morgan fingerprint density at radius 1 is 0.882 bits per heavy atom. The second kappa shape index (κ2) is 8.17. The number of fused-ring (bicyclic) bond motifs is 2. The van der Waals surface area contributed by atoms with Gasteiger partial charge in [0.15, 0.2) is 0 Å². The van der Waals surface area contributed by atoms with Crippen molar-refractivity contribution in [3.63, 3.8) is 0 Å². The van der Waals surface area contributed by atoms with Crippen molar-refractivity contribution in [2.24, 2.45) is 0 Å². The molecule has 6 heterocycles. The summed E-state index contributed by atoms with van der Waals surface area (Å²) < 4.78 is 0. The molecule has 0 aliphatic carbocycles. The average Bonchev–Trinajstić information content (AvgIpc) is 3.48. The highest BCUT2D eigenvalue weighted by molar-refractivity contribution is 5.99. The molecule has 8 nitrogen and oxygen atoms in total. The first-order chi connectivity index (χ1) is 16.7. The van der Waals surface area contributed by atoms with Gasteiger partial charge in [-0.25, -0.2) is 4.98 Å². The lowest BCUT2D eigenvalue weighted by atomic mass is 10.1. The summed E-state index contributed by atoms with van der Waals surface area (Å²) in [6.07, 6.45) is 9.19. The summed E-state index contributed by atoms with van der Waals surface area (Å²) in [5.41, 5.74) is 9.05. The lowest BCUT2D eigenvalue weighted by molar-refractivity contribution is 0.402. The van der Waals surface area contributed by atoms with Gasteiger partial charge in [-0.2, -0.15) is 5.10 Å². The topological polar surface area (TPSA) is 99.3 Å². The van der Waals surface area contributed by atoms with Crippen LogP contribution in [0.25, 0.3) is 55.8 Å². The standard InChI is InChI=1S/C26H22N8/c1-34(2)15-16-9-17(12-27-11-16)20-6-7-22-25(31-20)26(33-32-22)23-10-18-19(13-28-14-24(18)30-23)21-5-3-4-8-29-21/h3-14,30H,15H2,1-2H3,(H,32,33). The molecule has 0 fully saturated rings. The lowest BCUT2D eigenvalue weighted by Gasteiger charge is -2.10. The van der Waals surface area contributed by atoms with Crippen LogP contribution < -0.4 is 0 Å². The molecule has 0 atom stereocenters. The Labute approximate surface area is 195 Å². The average molecular weight is 447 g/mol. The molecule has 166 valence electrons. The van der Waals surface area contributed by atoms with Crippen molar-refractivity contribution in [1.29, 1.82) is 0 Å². The number of H-pyrrole nitrogens is 2. The maximum absolute atomic E-state index is 4.96. The normalized spacial score (nSPS) is 11.6. The monoisotopic (exact) mass is 446 g/mol. The van der Waals surface area contributed by atoms with Gasteiger partial charge in [0.25, 0.3) is 0 Å². The zero-order valence-electron chi connectivity index (χ0n) is 18.8. The van der Waals surface area contributed by atoms with Gasteiger partial charge in [0, 0.05) is 47.8 Å². The molecule has 0 amide bonds. The van der Waals surface area contributed by atoms with Gasteiger partial charge in [-0.15, -0.1) is 0 Å². The summed E-state index contributed by atoms with van der Waals surface area (Å²) in [4.78, 5) is 23.9. The Balaban J connectivity index is 1.45. The molecule has 6 aromatic rings. The van der Waals surface area contributed by atoms with Gasteiger partial charge in [-0.1, -0.05) is 6.07 Å². The third kappa shape index (κ3) is 3.60. The zero-order valence-corrected chi connectivity index (χ0v) is 18.8. The van der Waals surface area contributed by atoms with Gasteiger partial charge in [0.2, 0.25) is 0 Å². The molecular formula is C26H22N8. The van der Waals surface area contributed by atoms with Crippen LogP contribution in [0.1, 0.15) is 5.56 Å². The number of aromatic nitrogens is 7. The van der Waals surface area contributed by atoms with Crippen LogP contribution in [0.5, 0.6) is 0 Å². The molecular weight excluding hydrogens is 424 g/mol. The van der Waals surface area contributed by atoms with Crippen LogP contribution >= 0.6 is 0 Å². The molecule has 2 N–H and O–H groups in total. The Hall–Kier alpha value is -4.43. The number of rotatable bonds is 5. The van der Waals surface area contributed by atoms with E-state index in [2.05, 4.69) is 47.2 Å². The summed E-state index contributed by atoms with van der Waals surface area (Å²) in [6, 6.07) is 14.1. The predicted octanol–water partition coefficient (Wildman–Crippen LogP) is 4.69. The number of aromatic amines is 2. The van der Waals surface area contributed by atoms with E-state index in [0.29, 0.717) is 0 Å². The minimum Gasteiger partial charge on any atom is -0.352 e. The zero-order chi connectivity index (χ0) is 23.1. The van der Waals surface area contributed by atoms with Crippen molar-refractivity contribution in [1.82, 2.24) is 40.0 Å². The smallest absolute Gasteiger partial charge is 0.135 e. The highest BCUT2D eigenvalue weighted by atomic mass is 15.1. The molecule has 0 aliphatic rings. The third-order valence-electron chi connectivity index (χ3n) is 5.74. The first kappa shape index (κ1) is 20.2. The van der Waals surface area contributed by atoms with Crippen molar-refractivity contribution in [2.45, 2.75) is 6.54 Å². The third-order valence-corrected chi connectivity index (χ3v) is 5.74. The van der Waals surface area contributed by atoms with E-state index in [-0.39, 0.29) is 0 Å². The Morgan fingerprint density at radius 3 is 2.65 bits per heavy atom. The van der Waals surface area contributed by atoms with E-state index >= 15 is 0 Å². The molecule has 0 aromatic carbocycles. The minimum absolute atomic E-state index is 0.762. The Kier molecular flexibility index (Phi) is 4.85. The largest absolute Gasteiger partial charge is 0.352 e. The van der Waals surface area contributed by atoms with Gasteiger partial charge in [-0.05, 0) is 56.1 Å². The first-order valence-electron chi connectivity index (χ1n) is 11.0. The van der Waals surface area contributed by atoms with E-state index in [0.717, 1.165) is 67.9 Å². The number of nitrogens with one attached hydrogen (secondary N) is 2. The quantitative estimate of drug-likeness (QED) is 0.399. The molecule has 6 aromatic heterocycles. The summed E-state index contributed by atoms with van der Waals surface area (Å²) in [5.74, 6) is 0. The van der Waals surface area contributed by atoms with Crippen molar-refractivity contribution in [3.8, 4) is 33.9 Å². The van der Waals surface area contributed by atoms with Crippen LogP contribution in [-0.4, -0.2) is 54.1 Å². The van der Waals surface area contributed by atoms with Crippen LogP contribution in [0.3, 0.4) is 0 Å². The summed E-state index contributed by atoms with van der Waals surface area (Å²) in [7, 11) is 4.09. The van der Waals surface area contributed by atoms with Gasteiger partial charge in [-0.3, -0.25) is 20.1 Å². The van der Waals surface area contributed by atoms with E-state index in [1.165, 1.54) is 0 Å². The van der Waals surface area contributed by atoms with Crippen LogP contribution in [0, 0.1) is 0 Å². The van der Waals surface area contributed by atoms with Gasteiger partial charge in [0.1, 0.15) is 11.2 Å². The Morgan fingerprint density at radius 2 is 1.79 bits per heavy atom.